The zero-order valence-corrected chi connectivity index (χ0v) is 16.1. The van der Waals surface area contributed by atoms with Gasteiger partial charge in [-0.3, -0.25) is 0 Å². The Kier molecular flexibility index (Phi) is 6.22. The van der Waals surface area contributed by atoms with Gasteiger partial charge < -0.3 is 15.6 Å². The van der Waals surface area contributed by atoms with Gasteiger partial charge in [0.1, 0.15) is 0 Å². The van der Waals surface area contributed by atoms with Crippen LogP contribution >= 0.6 is 0 Å². The summed E-state index contributed by atoms with van der Waals surface area (Å²) >= 11 is 0. The summed E-state index contributed by atoms with van der Waals surface area (Å²) in [6, 6.07) is 31.7. The second-order valence-electron chi connectivity index (χ2n) is 7.61. The minimum Gasteiger partial charge on any atom is -0.413 e. The highest BCUT2D eigenvalue weighted by molar-refractivity contribution is 6.65. The van der Waals surface area contributed by atoms with Crippen LogP contribution in [0.2, 0.25) is 0 Å². The van der Waals surface area contributed by atoms with Crippen molar-refractivity contribution in [2.24, 2.45) is 5.73 Å². The van der Waals surface area contributed by atoms with E-state index in [1.54, 1.807) is 0 Å². The Balaban J connectivity index is 1.51. The van der Waals surface area contributed by atoms with Crippen LogP contribution in [0.5, 0.6) is 0 Å². The molecule has 0 radical (unpaired) electrons. The molecule has 1 aliphatic heterocycles. The van der Waals surface area contributed by atoms with E-state index in [9.17, 15) is 0 Å². The SMILES string of the molecule is NC(Cc1ccccc1)[C@@H]1C[C@H](Cc2ccccc2)NB(c2ccccc2)O1. The molecule has 0 spiro atoms. The summed E-state index contributed by atoms with van der Waals surface area (Å²) < 4.78 is 6.44. The van der Waals surface area contributed by atoms with Crippen molar-refractivity contribution < 1.29 is 4.65 Å². The molecule has 3 N–H and O–H groups in total. The number of hydrogen-bond donors (Lipinski definition) is 2. The van der Waals surface area contributed by atoms with Crippen LogP contribution in [0.3, 0.4) is 0 Å². The Morgan fingerprint density at radius 1 is 0.857 bits per heavy atom. The molecular weight excluding hydrogens is 343 g/mol. The number of nitrogens with one attached hydrogen (secondary N) is 1. The highest BCUT2D eigenvalue weighted by Gasteiger charge is 2.36. The Labute approximate surface area is 168 Å². The molecule has 3 aromatic carbocycles. The van der Waals surface area contributed by atoms with Crippen molar-refractivity contribution in [3.8, 4) is 0 Å². The van der Waals surface area contributed by atoms with Crippen LogP contribution < -0.4 is 16.4 Å². The lowest BCUT2D eigenvalue weighted by molar-refractivity contribution is 0.122. The normalized spacial score (nSPS) is 20.7. The van der Waals surface area contributed by atoms with Gasteiger partial charge in [0, 0.05) is 12.1 Å². The number of rotatable bonds is 6. The quantitative estimate of drug-likeness (QED) is 0.656. The highest BCUT2D eigenvalue weighted by Crippen LogP contribution is 2.19. The van der Waals surface area contributed by atoms with E-state index in [1.807, 2.05) is 12.1 Å². The summed E-state index contributed by atoms with van der Waals surface area (Å²) in [5.41, 5.74) is 10.4. The zero-order chi connectivity index (χ0) is 19.2. The van der Waals surface area contributed by atoms with Gasteiger partial charge in [0.25, 0.3) is 0 Å². The van der Waals surface area contributed by atoms with Gasteiger partial charge in [0.05, 0.1) is 6.10 Å². The Morgan fingerprint density at radius 2 is 1.43 bits per heavy atom. The predicted octanol–water partition coefficient (Wildman–Crippen LogP) is 2.94. The molecule has 3 atom stereocenters. The first kappa shape index (κ1) is 18.9. The molecule has 3 aromatic rings. The van der Waals surface area contributed by atoms with Gasteiger partial charge in [-0.05, 0) is 35.9 Å². The average molecular weight is 370 g/mol. The third-order valence-corrected chi connectivity index (χ3v) is 5.43. The Morgan fingerprint density at radius 3 is 2.07 bits per heavy atom. The first-order valence-electron chi connectivity index (χ1n) is 10.1. The van der Waals surface area contributed by atoms with Gasteiger partial charge in [-0.15, -0.1) is 0 Å². The van der Waals surface area contributed by atoms with Crippen LogP contribution in [-0.4, -0.2) is 25.2 Å². The van der Waals surface area contributed by atoms with Crippen LogP contribution in [0.1, 0.15) is 17.5 Å². The molecule has 4 rings (SSSR count). The first-order valence-corrected chi connectivity index (χ1v) is 10.1. The van der Waals surface area contributed by atoms with E-state index in [4.69, 9.17) is 10.4 Å². The average Bonchev–Trinajstić information content (AvgIpc) is 2.75. The van der Waals surface area contributed by atoms with E-state index in [2.05, 4.69) is 84.1 Å². The predicted molar refractivity (Wildman–Crippen MR) is 117 cm³/mol. The molecule has 3 nitrogen and oxygen atoms in total. The van der Waals surface area contributed by atoms with Crippen molar-refractivity contribution in [1.29, 1.82) is 0 Å². The van der Waals surface area contributed by atoms with Gasteiger partial charge >= 0.3 is 7.05 Å². The van der Waals surface area contributed by atoms with Gasteiger partial charge in [-0.2, -0.15) is 0 Å². The fourth-order valence-electron chi connectivity index (χ4n) is 3.97. The van der Waals surface area contributed by atoms with E-state index in [1.165, 1.54) is 11.1 Å². The van der Waals surface area contributed by atoms with E-state index in [0.717, 1.165) is 24.7 Å². The fourth-order valence-corrected chi connectivity index (χ4v) is 3.97. The molecule has 142 valence electrons. The first-order chi connectivity index (χ1) is 13.8. The van der Waals surface area contributed by atoms with Gasteiger partial charge in [0.15, 0.2) is 0 Å². The third-order valence-electron chi connectivity index (χ3n) is 5.43. The lowest BCUT2D eigenvalue weighted by Crippen LogP contribution is -2.62. The molecule has 0 aromatic heterocycles. The molecule has 1 unspecified atom stereocenters. The highest BCUT2D eigenvalue weighted by atomic mass is 16.5. The summed E-state index contributed by atoms with van der Waals surface area (Å²) in [5.74, 6) is 0. The number of nitrogens with two attached hydrogens (primary N) is 1. The smallest absolute Gasteiger partial charge is 0.413 e. The monoisotopic (exact) mass is 370 g/mol. The summed E-state index contributed by atoms with van der Waals surface area (Å²) in [7, 11) is -0.129. The molecule has 4 heteroatoms. The van der Waals surface area contributed by atoms with E-state index < -0.39 is 0 Å². The van der Waals surface area contributed by atoms with Crippen LogP contribution in [0.15, 0.2) is 91.0 Å². The second kappa shape index (κ2) is 9.20. The van der Waals surface area contributed by atoms with Crippen LogP contribution in [0, 0.1) is 0 Å². The van der Waals surface area contributed by atoms with Crippen molar-refractivity contribution in [2.45, 2.75) is 37.5 Å². The van der Waals surface area contributed by atoms with Gasteiger partial charge in [-0.1, -0.05) is 91.0 Å². The maximum absolute atomic E-state index is 6.62. The maximum atomic E-state index is 6.62. The van der Waals surface area contributed by atoms with Crippen LogP contribution in [0.4, 0.5) is 0 Å². The van der Waals surface area contributed by atoms with Crippen molar-refractivity contribution in [1.82, 2.24) is 5.23 Å². The zero-order valence-electron chi connectivity index (χ0n) is 16.1. The number of benzene rings is 3. The summed E-state index contributed by atoms with van der Waals surface area (Å²) in [5, 5.41) is 3.69. The van der Waals surface area contributed by atoms with E-state index >= 15 is 0 Å². The third kappa shape index (κ3) is 4.90. The van der Waals surface area contributed by atoms with Crippen LogP contribution in [0.25, 0.3) is 0 Å². The summed E-state index contributed by atoms with van der Waals surface area (Å²) in [4.78, 5) is 0. The lowest BCUT2D eigenvalue weighted by atomic mass is 9.69. The fraction of sp³-hybridized carbons (Fsp3) is 0.250. The van der Waals surface area contributed by atoms with Crippen LogP contribution in [-0.2, 0) is 17.5 Å². The maximum Gasteiger partial charge on any atom is 0.416 e. The van der Waals surface area contributed by atoms with Gasteiger partial charge in [-0.25, -0.2) is 0 Å². The van der Waals surface area contributed by atoms with Gasteiger partial charge in [0.2, 0.25) is 0 Å². The molecule has 1 aliphatic rings. The molecule has 0 saturated carbocycles. The number of hydrogen-bond acceptors (Lipinski definition) is 3. The minimum atomic E-state index is -0.129. The van der Waals surface area contributed by atoms with Crippen molar-refractivity contribution in [3.05, 3.63) is 102 Å². The topological polar surface area (TPSA) is 47.3 Å². The summed E-state index contributed by atoms with van der Waals surface area (Å²) in [6.07, 6.45) is 2.72. The van der Waals surface area contributed by atoms with Crippen molar-refractivity contribution in [3.63, 3.8) is 0 Å². The molecule has 1 fully saturated rings. The molecule has 28 heavy (non-hydrogen) atoms. The second-order valence-corrected chi connectivity index (χ2v) is 7.61. The molecular formula is C24H27BN2O. The van der Waals surface area contributed by atoms with E-state index in [-0.39, 0.29) is 19.2 Å². The largest absolute Gasteiger partial charge is 0.416 e. The molecule has 0 amide bonds. The molecule has 1 heterocycles. The Bertz CT molecular complexity index is 844. The lowest BCUT2D eigenvalue weighted by Gasteiger charge is -2.38. The van der Waals surface area contributed by atoms with Crippen molar-refractivity contribution in [2.75, 3.05) is 0 Å². The molecule has 1 saturated heterocycles. The van der Waals surface area contributed by atoms with E-state index in [0.29, 0.717) is 6.04 Å². The standard InChI is InChI=1S/C24H27BN2O/c26-23(17-20-12-6-2-7-13-20)24-18-22(16-19-10-4-1-5-11-19)27-25(28-24)21-14-8-3-9-15-21/h1-15,22-24,27H,16-18,26H2/t22-,23?,24-/m0/s1. The minimum absolute atomic E-state index is 0.0142. The molecule has 0 aliphatic carbocycles. The summed E-state index contributed by atoms with van der Waals surface area (Å²) in [6.45, 7) is 0. The Hall–Kier alpha value is -2.40. The molecule has 0 bridgehead atoms. The van der Waals surface area contributed by atoms with Crippen molar-refractivity contribution >= 4 is 12.5 Å².